The van der Waals surface area contributed by atoms with Gasteiger partial charge in [0.25, 0.3) is 5.91 Å². The molecule has 0 saturated heterocycles. The first-order chi connectivity index (χ1) is 12.7. The zero-order valence-electron chi connectivity index (χ0n) is 13.5. The second kappa shape index (κ2) is 6.93. The highest BCUT2D eigenvalue weighted by Crippen LogP contribution is 2.34. The van der Waals surface area contributed by atoms with Gasteiger partial charge in [-0.1, -0.05) is 23.7 Å². The van der Waals surface area contributed by atoms with Gasteiger partial charge >= 0.3 is 0 Å². The maximum atomic E-state index is 12.4. The third kappa shape index (κ3) is 3.41. The highest BCUT2D eigenvalue weighted by atomic mass is 35.5. The Morgan fingerprint density at radius 2 is 1.88 bits per heavy atom. The second-order valence-electron chi connectivity index (χ2n) is 5.56. The number of nitrogens with one attached hydrogen (secondary N) is 2. The van der Waals surface area contributed by atoms with Crippen LogP contribution in [0.15, 0.2) is 60.8 Å². The summed E-state index contributed by atoms with van der Waals surface area (Å²) in [5.41, 5.74) is 1.81. The Kier molecular flexibility index (Phi) is 4.33. The van der Waals surface area contributed by atoms with Crippen LogP contribution in [0.2, 0.25) is 5.02 Å². The molecule has 2 aromatic carbocycles. The van der Waals surface area contributed by atoms with E-state index in [0.29, 0.717) is 33.6 Å². The molecule has 1 aliphatic rings. The molecule has 0 saturated carbocycles. The fourth-order valence-corrected chi connectivity index (χ4v) is 2.66. The van der Waals surface area contributed by atoms with E-state index in [1.165, 1.54) is 6.20 Å². The lowest BCUT2D eigenvalue weighted by molar-refractivity contribution is 0.102. The van der Waals surface area contributed by atoms with E-state index < -0.39 is 0 Å². The van der Waals surface area contributed by atoms with Gasteiger partial charge in [0.15, 0.2) is 11.5 Å². The second-order valence-corrected chi connectivity index (χ2v) is 5.97. The number of aromatic nitrogens is 1. The van der Waals surface area contributed by atoms with Crippen molar-refractivity contribution in [2.75, 3.05) is 17.4 Å². The van der Waals surface area contributed by atoms with Gasteiger partial charge in [-0.3, -0.25) is 4.79 Å². The van der Waals surface area contributed by atoms with E-state index in [2.05, 4.69) is 15.6 Å². The number of fused-ring (bicyclic) bond motifs is 1. The smallest absolute Gasteiger partial charge is 0.257 e. The molecule has 0 unspecified atom stereocenters. The number of carbonyl (C=O) groups excluding carboxylic acids is 1. The Morgan fingerprint density at radius 3 is 2.69 bits per heavy atom. The van der Waals surface area contributed by atoms with E-state index in [1.807, 2.05) is 18.2 Å². The minimum atomic E-state index is -0.263. The summed E-state index contributed by atoms with van der Waals surface area (Å²) in [5, 5.41) is 6.52. The summed E-state index contributed by atoms with van der Waals surface area (Å²) in [6.45, 7) is 0.191. The van der Waals surface area contributed by atoms with Gasteiger partial charge in [-0.15, -0.1) is 0 Å². The van der Waals surface area contributed by atoms with Crippen LogP contribution in [0.25, 0.3) is 0 Å². The summed E-state index contributed by atoms with van der Waals surface area (Å²) in [4.78, 5) is 16.6. The first-order valence-corrected chi connectivity index (χ1v) is 8.25. The maximum absolute atomic E-state index is 12.4. The molecular formula is C19H14ClN3O3. The summed E-state index contributed by atoms with van der Waals surface area (Å²) in [6.07, 6.45) is 1.50. The van der Waals surface area contributed by atoms with Crippen LogP contribution in [0.3, 0.4) is 0 Å². The molecule has 2 heterocycles. The molecule has 0 bridgehead atoms. The van der Waals surface area contributed by atoms with Crippen LogP contribution < -0.4 is 20.1 Å². The van der Waals surface area contributed by atoms with E-state index in [0.717, 1.165) is 5.69 Å². The zero-order chi connectivity index (χ0) is 17.9. The summed E-state index contributed by atoms with van der Waals surface area (Å²) in [5.74, 6) is 1.61. The summed E-state index contributed by atoms with van der Waals surface area (Å²) in [6, 6.07) is 16.0. The molecule has 26 heavy (non-hydrogen) atoms. The van der Waals surface area contributed by atoms with Crippen LogP contribution in [0.5, 0.6) is 11.5 Å². The molecular weight excluding hydrogens is 354 g/mol. The summed E-state index contributed by atoms with van der Waals surface area (Å²) >= 11 is 6.11. The lowest BCUT2D eigenvalue weighted by atomic mass is 10.2. The number of rotatable bonds is 4. The molecule has 1 aromatic heterocycles. The Bertz CT molecular complexity index is 960. The average Bonchev–Trinajstić information content (AvgIpc) is 3.12. The molecule has 7 heteroatoms. The van der Waals surface area contributed by atoms with Crippen LogP contribution in [-0.4, -0.2) is 17.7 Å². The highest BCUT2D eigenvalue weighted by molar-refractivity contribution is 6.33. The Balaban J connectivity index is 1.44. The van der Waals surface area contributed by atoms with Crippen molar-refractivity contribution >= 4 is 34.7 Å². The van der Waals surface area contributed by atoms with Crippen LogP contribution in [0.4, 0.5) is 17.2 Å². The van der Waals surface area contributed by atoms with Crippen molar-refractivity contribution in [3.63, 3.8) is 0 Å². The fraction of sp³-hybridized carbons (Fsp3) is 0.0526. The molecule has 0 radical (unpaired) electrons. The maximum Gasteiger partial charge on any atom is 0.257 e. The molecule has 0 spiro atoms. The molecule has 3 aromatic rings. The number of halogens is 1. The molecule has 6 nitrogen and oxygen atoms in total. The van der Waals surface area contributed by atoms with Crippen LogP contribution in [0.1, 0.15) is 10.4 Å². The van der Waals surface area contributed by atoms with E-state index in [9.17, 15) is 4.79 Å². The predicted molar refractivity (Wildman–Crippen MR) is 99.5 cm³/mol. The Labute approximate surface area is 154 Å². The van der Waals surface area contributed by atoms with Crippen molar-refractivity contribution in [3.8, 4) is 11.5 Å². The highest BCUT2D eigenvalue weighted by Gasteiger charge is 2.15. The van der Waals surface area contributed by atoms with Gasteiger partial charge in [0, 0.05) is 18.0 Å². The standard InChI is InChI=1S/C19H14ClN3O3/c20-14-3-1-2-4-15(14)23-18-8-5-12(10-21-18)19(24)22-13-6-7-16-17(9-13)26-11-25-16/h1-10H,11H2,(H,21,23)(H,22,24). The van der Waals surface area contributed by atoms with Gasteiger partial charge in [0.05, 0.1) is 16.3 Å². The van der Waals surface area contributed by atoms with Gasteiger partial charge in [0.2, 0.25) is 6.79 Å². The zero-order valence-corrected chi connectivity index (χ0v) is 14.3. The van der Waals surface area contributed by atoms with Gasteiger partial charge in [-0.25, -0.2) is 4.98 Å². The first kappa shape index (κ1) is 16.2. The Morgan fingerprint density at radius 1 is 1.04 bits per heavy atom. The molecule has 1 amide bonds. The number of carbonyl (C=O) groups is 1. The largest absolute Gasteiger partial charge is 0.454 e. The number of para-hydroxylation sites is 1. The van der Waals surface area contributed by atoms with Gasteiger partial charge < -0.3 is 20.1 Å². The van der Waals surface area contributed by atoms with Gasteiger partial charge in [-0.2, -0.15) is 0 Å². The summed E-state index contributed by atoms with van der Waals surface area (Å²) in [7, 11) is 0. The van der Waals surface area contributed by atoms with Crippen LogP contribution in [-0.2, 0) is 0 Å². The first-order valence-electron chi connectivity index (χ1n) is 7.88. The topological polar surface area (TPSA) is 72.5 Å². The molecule has 0 atom stereocenters. The average molecular weight is 368 g/mol. The number of pyridine rings is 1. The van der Waals surface area contributed by atoms with Crippen LogP contribution >= 0.6 is 11.6 Å². The normalized spacial score (nSPS) is 11.9. The van der Waals surface area contributed by atoms with Crippen LogP contribution in [0, 0.1) is 0 Å². The van der Waals surface area contributed by atoms with Crippen molar-refractivity contribution in [1.82, 2.24) is 4.98 Å². The van der Waals surface area contributed by atoms with Crippen molar-refractivity contribution in [1.29, 1.82) is 0 Å². The monoisotopic (exact) mass is 367 g/mol. The minimum Gasteiger partial charge on any atom is -0.454 e. The van der Waals surface area contributed by atoms with E-state index in [-0.39, 0.29) is 12.7 Å². The summed E-state index contributed by atoms with van der Waals surface area (Å²) < 4.78 is 10.6. The predicted octanol–water partition coefficient (Wildman–Crippen LogP) is 4.46. The third-order valence-corrected chi connectivity index (χ3v) is 4.12. The quantitative estimate of drug-likeness (QED) is 0.712. The number of hydrogen-bond donors (Lipinski definition) is 2. The van der Waals surface area contributed by atoms with E-state index >= 15 is 0 Å². The number of hydrogen-bond acceptors (Lipinski definition) is 5. The lowest BCUT2D eigenvalue weighted by Gasteiger charge is -2.09. The molecule has 1 aliphatic heterocycles. The molecule has 0 aliphatic carbocycles. The molecule has 4 rings (SSSR count). The van der Waals surface area contributed by atoms with Gasteiger partial charge in [0.1, 0.15) is 5.82 Å². The van der Waals surface area contributed by atoms with Crippen molar-refractivity contribution in [3.05, 3.63) is 71.4 Å². The molecule has 0 fully saturated rings. The number of ether oxygens (including phenoxy) is 2. The number of anilines is 3. The number of benzene rings is 2. The van der Waals surface area contributed by atoms with E-state index in [4.69, 9.17) is 21.1 Å². The SMILES string of the molecule is O=C(Nc1ccc2c(c1)OCO2)c1ccc(Nc2ccccc2Cl)nc1. The van der Waals surface area contributed by atoms with E-state index in [1.54, 1.807) is 36.4 Å². The minimum absolute atomic E-state index is 0.191. The number of amides is 1. The van der Waals surface area contributed by atoms with Crippen molar-refractivity contribution < 1.29 is 14.3 Å². The third-order valence-electron chi connectivity index (χ3n) is 3.79. The fourth-order valence-electron chi connectivity index (χ4n) is 2.48. The Hall–Kier alpha value is -3.25. The van der Waals surface area contributed by atoms with Crippen molar-refractivity contribution in [2.24, 2.45) is 0 Å². The molecule has 2 N–H and O–H groups in total. The van der Waals surface area contributed by atoms with Gasteiger partial charge in [-0.05, 0) is 36.4 Å². The lowest BCUT2D eigenvalue weighted by Crippen LogP contribution is -2.12. The number of nitrogens with zero attached hydrogens (tertiary/aromatic N) is 1. The van der Waals surface area contributed by atoms with Crippen molar-refractivity contribution in [2.45, 2.75) is 0 Å². The molecule has 130 valence electrons.